The van der Waals surface area contributed by atoms with Gasteiger partial charge in [0.1, 0.15) is 0 Å². The van der Waals surface area contributed by atoms with Crippen LogP contribution in [0.5, 0.6) is 0 Å². The quantitative estimate of drug-likeness (QED) is 0.815. The maximum absolute atomic E-state index is 12.3. The molecule has 1 fully saturated rings. The number of piperidine rings is 1. The van der Waals surface area contributed by atoms with E-state index in [2.05, 4.69) is 10.2 Å². The van der Waals surface area contributed by atoms with Crippen LogP contribution in [0.1, 0.15) is 26.7 Å². The van der Waals surface area contributed by atoms with Gasteiger partial charge in [-0.05, 0) is 57.5 Å². The topological polar surface area (TPSA) is 67.6 Å². The highest BCUT2D eigenvalue weighted by Crippen LogP contribution is 2.17. The van der Waals surface area contributed by atoms with E-state index in [1.807, 2.05) is 26.0 Å². The molecule has 1 aliphatic rings. The van der Waals surface area contributed by atoms with Crippen LogP contribution in [0.15, 0.2) is 24.3 Å². The molecule has 2 atom stereocenters. The molecule has 0 aliphatic carbocycles. The van der Waals surface area contributed by atoms with Gasteiger partial charge in [-0.15, -0.1) is 0 Å². The molecular weight excluding hydrogens is 266 g/mol. The van der Waals surface area contributed by atoms with Gasteiger partial charge < -0.3 is 15.8 Å². The number of likely N-dealkylation sites (tertiary alicyclic amines) is 1. The number of carbonyl (C=O) groups excluding carboxylic acids is 1. The van der Waals surface area contributed by atoms with Crippen LogP contribution >= 0.6 is 0 Å². The van der Waals surface area contributed by atoms with Crippen LogP contribution in [0.2, 0.25) is 0 Å². The Morgan fingerprint density at radius 2 is 2.19 bits per heavy atom. The SMILES string of the molecule is CCOC1CCCN(C(C)C(=O)Nc2ccc(N)cc2)C1. The highest BCUT2D eigenvalue weighted by atomic mass is 16.5. The fourth-order valence-corrected chi connectivity index (χ4v) is 2.67. The molecule has 0 radical (unpaired) electrons. The Morgan fingerprint density at radius 1 is 1.48 bits per heavy atom. The van der Waals surface area contributed by atoms with E-state index in [-0.39, 0.29) is 18.1 Å². The molecule has 2 rings (SSSR count). The van der Waals surface area contributed by atoms with Crippen molar-refractivity contribution in [2.75, 3.05) is 30.7 Å². The van der Waals surface area contributed by atoms with Crippen molar-refractivity contribution in [2.45, 2.75) is 38.8 Å². The molecule has 1 aliphatic heterocycles. The fraction of sp³-hybridized carbons (Fsp3) is 0.562. The Labute approximate surface area is 126 Å². The van der Waals surface area contributed by atoms with Crippen molar-refractivity contribution in [3.05, 3.63) is 24.3 Å². The van der Waals surface area contributed by atoms with Gasteiger partial charge in [-0.2, -0.15) is 0 Å². The van der Waals surface area contributed by atoms with E-state index < -0.39 is 0 Å². The molecule has 5 heteroatoms. The van der Waals surface area contributed by atoms with Crippen molar-refractivity contribution in [3.63, 3.8) is 0 Å². The molecule has 116 valence electrons. The van der Waals surface area contributed by atoms with E-state index in [0.29, 0.717) is 5.69 Å². The molecule has 0 saturated carbocycles. The van der Waals surface area contributed by atoms with Gasteiger partial charge in [-0.1, -0.05) is 0 Å². The van der Waals surface area contributed by atoms with Crippen LogP contribution in [0.25, 0.3) is 0 Å². The Bertz CT molecular complexity index is 459. The zero-order valence-corrected chi connectivity index (χ0v) is 12.8. The molecule has 1 amide bonds. The minimum absolute atomic E-state index is 0.0110. The molecular formula is C16H25N3O2. The summed E-state index contributed by atoms with van der Waals surface area (Å²) >= 11 is 0. The van der Waals surface area contributed by atoms with Gasteiger partial charge in [-0.25, -0.2) is 0 Å². The number of ether oxygens (including phenoxy) is 1. The lowest BCUT2D eigenvalue weighted by atomic mass is 10.1. The number of nitrogen functional groups attached to an aromatic ring is 1. The number of hydrogen-bond acceptors (Lipinski definition) is 4. The van der Waals surface area contributed by atoms with Gasteiger partial charge in [0, 0.05) is 24.5 Å². The summed E-state index contributed by atoms with van der Waals surface area (Å²) < 4.78 is 5.69. The van der Waals surface area contributed by atoms with Crippen LogP contribution in [-0.4, -0.2) is 42.6 Å². The van der Waals surface area contributed by atoms with Crippen LogP contribution in [0, 0.1) is 0 Å². The third-order valence-corrected chi connectivity index (χ3v) is 3.92. The third-order valence-electron chi connectivity index (χ3n) is 3.92. The first-order valence-corrected chi connectivity index (χ1v) is 7.62. The van der Waals surface area contributed by atoms with E-state index in [4.69, 9.17) is 10.5 Å². The average molecular weight is 291 g/mol. The normalized spacial score (nSPS) is 21.0. The zero-order chi connectivity index (χ0) is 15.2. The average Bonchev–Trinajstić information content (AvgIpc) is 2.49. The van der Waals surface area contributed by atoms with Crippen molar-refractivity contribution in [2.24, 2.45) is 0 Å². The predicted molar refractivity (Wildman–Crippen MR) is 85.2 cm³/mol. The third kappa shape index (κ3) is 4.44. The van der Waals surface area contributed by atoms with Crippen molar-refractivity contribution in [1.82, 2.24) is 4.90 Å². The molecule has 0 bridgehead atoms. The number of nitrogens with two attached hydrogens (primary N) is 1. The number of nitrogens with zero attached hydrogens (tertiary/aromatic N) is 1. The lowest BCUT2D eigenvalue weighted by Gasteiger charge is -2.35. The van der Waals surface area contributed by atoms with Crippen LogP contribution in [0.3, 0.4) is 0 Å². The standard InChI is InChI=1S/C16H25N3O2/c1-3-21-15-5-4-10-19(11-15)12(2)16(20)18-14-8-6-13(17)7-9-14/h6-9,12,15H,3-5,10-11,17H2,1-2H3,(H,18,20). The fourth-order valence-electron chi connectivity index (χ4n) is 2.67. The number of rotatable bonds is 5. The summed E-state index contributed by atoms with van der Waals surface area (Å²) in [5.41, 5.74) is 7.11. The summed E-state index contributed by atoms with van der Waals surface area (Å²) in [5, 5.41) is 2.94. The lowest BCUT2D eigenvalue weighted by molar-refractivity contribution is -0.122. The molecule has 1 heterocycles. The molecule has 0 spiro atoms. The number of anilines is 2. The van der Waals surface area contributed by atoms with Crippen LogP contribution in [0.4, 0.5) is 11.4 Å². The van der Waals surface area contributed by atoms with Crippen molar-refractivity contribution >= 4 is 17.3 Å². The smallest absolute Gasteiger partial charge is 0.241 e. The largest absolute Gasteiger partial charge is 0.399 e. The first-order valence-electron chi connectivity index (χ1n) is 7.62. The highest BCUT2D eigenvalue weighted by molar-refractivity contribution is 5.94. The number of amides is 1. The Morgan fingerprint density at radius 3 is 2.86 bits per heavy atom. The maximum atomic E-state index is 12.3. The highest BCUT2D eigenvalue weighted by Gasteiger charge is 2.27. The van der Waals surface area contributed by atoms with E-state index in [1.54, 1.807) is 12.1 Å². The van der Waals surface area contributed by atoms with Gasteiger partial charge in [0.25, 0.3) is 0 Å². The van der Waals surface area contributed by atoms with E-state index in [1.165, 1.54) is 0 Å². The first-order chi connectivity index (χ1) is 10.1. The molecule has 21 heavy (non-hydrogen) atoms. The van der Waals surface area contributed by atoms with Crippen molar-refractivity contribution < 1.29 is 9.53 Å². The summed E-state index contributed by atoms with van der Waals surface area (Å²) in [4.78, 5) is 14.5. The summed E-state index contributed by atoms with van der Waals surface area (Å²) in [6.45, 7) is 6.45. The molecule has 2 unspecified atom stereocenters. The van der Waals surface area contributed by atoms with Gasteiger partial charge in [0.05, 0.1) is 12.1 Å². The van der Waals surface area contributed by atoms with Gasteiger partial charge in [0.15, 0.2) is 0 Å². The molecule has 3 N–H and O–H groups in total. The lowest BCUT2D eigenvalue weighted by Crippen LogP contribution is -2.49. The minimum Gasteiger partial charge on any atom is -0.399 e. The second-order valence-electron chi connectivity index (χ2n) is 5.50. The van der Waals surface area contributed by atoms with E-state index >= 15 is 0 Å². The van der Waals surface area contributed by atoms with E-state index in [0.717, 1.165) is 38.2 Å². The number of nitrogens with one attached hydrogen (secondary N) is 1. The molecule has 0 aromatic heterocycles. The zero-order valence-electron chi connectivity index (χ0n) is 12.8. The summed E-state index contributed by atoms with van der Waals surface area (Å²) in [7, 11) is 0. The second-order valence-corrected chi connectivity index (χ2v) is 5.50. The van der Waals surface area contributed by atoms with Crippen LogP contribution < -0.4 is 11.1 Å². The van der Waals surface area contributed by atoms with Gasteiger partial charge >= 0.3 is 0 Å². The Kier molecular flexibility index (Phi) is 5.59. The molecule has 1 saturated heterocycles. The summed E-state index contributed by atoms with van der Waals surface area (Å²) in [6, 6.07) is 7.04. The Hall–Kier alpha value is -1.59. The predicted octanol–water partition coefficient (Wildman–Crippen LogP) is 2.10. The number of hydrogen-bond donors (Lipinski definition) is 2. The Balaban J connectivity index is 1.90. The second kappa shape index (κ2) is 7.43. The molecule has 1 aromatic rings. The summed E-state index contributed by atoms with van der Waals surface area (Å²) in [6.07, 6.45) is 2.40. The molecule has 5 nitrogen and oxygen atoms in total. The van der Waals surface area contributed by atoms with E-state index in [9.17, 15) is 4.79 Å². The number of carbonyl (C=O) groups is 1. The van der Waals surface area contributed by atoms with Crippen LogP contribution in [-0.2, 0) is 9.53 Å². The maximum Gasteiger partial charge on any atom is 0.241 e. The minimum atomic E-state index is -0.161. The van der Waals surface area contributed by atoms with Gasteiger partial charge in [0.2, 0.25) is 5.91 Å². The molecule has 1 aromatic carbocycles. The van der Waals surface area contributed by atoms with Gasteiger partial charge in [-0.3, -0.25) is 9.69 Å². The first kappa shape index (κ1) is 15.8. The van der Waals surface area contributed by atoms with Crippen molar-refractivity contribution in [1.29, 1.82) is 0 Å². The summed E-state index contributed by atoms with van der Waals surface area (Å²) in [5.74, 6) is 0.0110. The van der Waals surface area contributed by atoms with Crippen molar-refractivity contribution in [3.8, 4) is 0 Å². The number of benzene rings is 1. The monoisotopic (exact) mass is 291 g/mol.